The quantitative estimate of drug-likeness (QED) is 0.323. The highest BCUT2D eigenvalue weighted by atomic mass is 79.9. The zero-order chi connectivity index (χ0) is 24.2. The Morgan fingerprint density at radius 1 is 0.970 bits per heavy atom. The summed E-state index contributed by atoms with van der Waals surface area (Å²) in [4.78, 5) is 8.33. The molecule has 176 valence electrons. The van der Waals surface area contributed by atoms with Gasteiger partial charge in [-0.3, -0.25) is 0 Å². The highest BCUT2D eigenvalue weighted by molar-refractivity contribution is 9.10. The molecular formula is C20H15BrF6N4O2. The summed E-state index contributed by atoms with van der Waals surface area (Å²) in [5, 5.41) is 14.5. The van der Waals surface area contributed by atoms with Gasteiger partial charge in [0.15, 0.2) is 0 Å². The second kappa shape index (κ2) is 9.83. The standard InChI is InChI=1S/C20H15BrF6N4O2/c21-15-5-4-12(9-14(15)19(22,23)24)29-17-10-16(30-18(31-17)28-6-7-32)11-2-1-3-13(8-11)33-20(25,26)27/h1-5,8-10,32H,6-7H2,(H2,28,29,30,31). The minimum absolute atomic E-state index is 0.000602. The maximum atomic E-state index is 13.2. The molecule has 3 rings (SSSR count). The third-order valence-corrected chi connectivity index (χ3v) is 4.72. The number of aliphatic hydroxyl groups is 1. The molecule has 0 amide bonds. The van der Waals surface area contributed by atoms with Crippen LogP contribution < -0.4 is 15.4 Å². The molecule has 2 aromatic carbocycles. The number of nitrogens with one attached hydrogen (secondary N) is 2. The van der Waals surface area contributed by atoms with E-state index in [2.05, 4.69) is 41.3 Å². The molecule has 0 radical (unpaired) electrons. The molecule has 6 nitrogen and oxygen atoms in total. The van der Waals surface area contributed by atoms with Crippen LogP contribution in [-0.4, -0.2) is 34.6 Å². The molecule has 0 saturated heterocycles. The summed E-state index contributed by atoms with van der Waals surface area (Å²) in [6.45, 7) is -0.191. The Morgan fingerprint density at radius 2 is 1.73 bits per heavy atom. The average molecular weight is 537 g/mol. The number of alkyl halides is 6. The number of aliphatic hydroxyl groups excluding tert-OH is 1. The van der Waals surface area contributed by atoms with E-state index in [-0.39, 0.29) is 46.3 Å². The molecule has 13 heteroatoms. The van der Waals surface area contributed by atoms with Gasteiger partial charge in [0.25, 0.3) is 0 Å². The lowest BCUT2D eigenvalue weighted by Crippen LogP contribution is -2.17. The summed E-state index contributed by atoms with van der Waals surface area (Å²) in [5.41, 5.74) is -0.440. The topological polar surface area (TPSA) is 79.3 Å². The fourth-order valence-electron chi connectivity index (χ4n) is 2.73. The molecule has 0 spiro atoms. The smallest absolute Gasteiger partial charge is 0.406 e. The number of benzene rings is 2. The van der Waals surface area contributed by atoms with Gasteiger partial charge in [0.2, 0.25) is 5.95 Å². The van der Waals surface area contributed by atoms with Gasteiger partial charge in [-0.1, -0.05) is 28.1 Å². The molecule has 33 heavy (non-hydrogen) atoms. The number of nitrogens with zero attached hydrogens (tertiary/aromatic N) is 2. The SMILES string of the molecule is OCCNc1nc(Nc2ccc(Br)c(C(F)(F)F)c2)cc(-c2cccc(OC(F)(F)F)c2)n1. The van der Waals surface area contributed by atoms with Crippen LogP contribution in [0.3, 0.4) is 0 Å². The van der Waals surface area contributed by atoms with Gasteiger partial charge in [-0.05, 0) is 30.3 Å². The van der Waals surface area contributed by atoms with E-state index in [0.717, 1.165) is 18.2 Å². The highest BCUT2D eigenvalue weighted by Gasteiger charge is 2.33. The number of aromatic nitrogens is 2. The molecule has 0 atom stereocenters. The Bertz CT molecular complexity index is 1120. The first-order valence-electron chi connectivity index (χ1n) is 9.18. The number of hydrogen-bond donors (Lipinski definition) is 3. The van der Waals surface area contributed by atoms with E-state index in [9.17, 15) is 26.3 Å². The molecular weight excluding hydrogens is 522 g/mol. The number of hydrogen-bond acceptors (Lipinski definition) is 6. The predicted octanol–water partition coefficient (Wildman–Crippen LogP) is 5.97. The van der Waals surface area contributed by atoms with Crippen molar-refractivity contribution in [2.24, 2.45) is 0 Å². The van der Waals surface area contributed by atoms with Crippen LogP contribution in [0.4, 0.5) is 43.8 Å². The minimum atomic E-state index is -4.89. The fraction of sp³-hybridized carbons (Fsp3) is 0.200. The minimum Gasteiger partial charge on any atom is -0.406 e. The Morgan fingerprint density at radius 3 is 2.39 bits per heavy atom. The van der Waals surface area contributed by atoms with Crippen LogP contribution in [0, 0.1) is 0 Å². The summed E-state index contributed by atoms with van der Waals surface area (Å²) in [6, 6.07) is 9.87. The fourth-order valence-corrected chi connectivity index (χ4v) is 3.20. The van der Waals surface area contributed by atoms with Crippen LogP contribution in [-0.2, 0) is 6.18 Å². The lowest BCUT2D eigenvalue weighted by molar-refractivity contribution is -0.274. The monoisotopic (exact) mass is 536 g/mol. The van der Waals surface area contributed by atoms with E-state index in [4.69, 9.17) is 5.11 Å². The predicted molar refractivity (Wildman–Crippen MR) is 112 cm³/mol. The lowest BCUT2D eigenvalue weighted by Gasteiger charge is -2.14. The molecule has 0 aliphatic carbocycles. The summed E-state index contributed by atoms with van der Waals surface area (Å²) in [7, 11) is 0. The number of anilines is 3. The van der Waals surface area contributed by atoms with Crippen molar-refractivity contribution >= 4 is 33.4 Å². The third kappa shape index (κ3) is 6.96. The van der Waals surface area contributed by atoms with Gasteiger partial charge in [-0.25, -0.2) is 4.98 Å². The summed E-state index contributed by atoms with van der Waals surface area (Å²) in [6.07, 6.45) is -9.48. The zero-order valence-corrected chi connectivity index (χ0v) is 18.0. The van der Waals surface area contributed by atoms with Crippen molar-refractivity contribution in [2.45, 2.75) is 12.5 Å². The van der Waals surface area contributed by atoms with Gasteiger partial charge in [0.1, 0.15) is 11.6 Å². The van der Waals surface area contributed by atoms with Gasteiger partial charge >= 0.3 is 12.5 Å². The van der Waals surface area contributed by atoms with E-state index in [1.807, 2.05) is 0 Å². The molecule has 0 aliphatic heterocycles. The summed E-state index contributed by atoms with van der Waals surface area (Å²) in [5.74, 6) is -0.405. The molecule has 0 unspecified atom stereocenters. The Labute approximate surface area is 191 Å². The zero-order valence-electron chi connectivity index (χ0n) is 16.4. The maximum Gasteiger partial charge on any atom is 0.573 e. The van der Waals surface area contributed by atoms with Gasteiger partial charge in [0.05, 0.1) is 17.9 Å². The Balaban J connectivity index is 1.99. The molecule has 3 N–H and O–H groups in total. The van der Waals surface area contributed by atoms with E-state index < -0.39 is 23.9 Å². The van der Waals surface area contributed by atoms with Crippen LogP contribution in [0.5, 0.6) is 5.75 Å². The summed E-state index contributed by atoms with van der Waals surface area (Å²) >= 11 is 2.86. The molecule has 1 heterocycles. The molecule has 0 fully saturated rings. The third-order valence-electron chi connectivity index (χ3n) is 4.03. The Hall–Kier alpha value is -3.06. The first-order valence-corrected chi connectivity index (χ1v) is 9.98. The van der Waals surface area contributed by atoms with Crippen molar-refractivity contribution < 1.29 is 36.2 Å². The van der Waals surface area contributed by atoms with Crippen molar-refractivity contribution in [3.63, 3.8) is 0 Å². The highest BCUT2D eigenvalue weighted by Crippen LogP contribution is 2.37. The average Bonchev–Trinajstić information content (AvgIpc) is 2.71. The van der Waals surface area contributed by atoms with Gasteiger partial charge in [0, 0.05) is 28.3 Å². The van der Waals surface area contributed by atoms with Gasteiger partial charge < -0.3 is 20.5 Å². The van der Waals surface area contributed by atoms with Crippen LogP contribution in [0.15, 0.2) is 53.0 Å². The number of ether oxygens (including phenoxy) is 1. The van der Waals surface area contributed by atoms with E-state index in [0.29, 0.717) is 0 Å². The first kappa shape index (κ1) is 24.6. The second-order valence-electron chi connectivity index (χ2n) is 6.51. The van der Waals surface area contributed by atoms with Crippen molar-refractivity contribution in [1.82, 2.24) is 9.97 Å². The van der Waals surface area contributed by atoms with Crippen LogP contribution in [0.25, 0.3) is 11.3 Å². The maximum absolute atomic E-state index is 13.2. The molecule has 3 aromatic rings. The summed E-state index contributed by atoms with van der Waals surface area (Å²) < 4.78 is 81.1. The molecule has 0 saturated carbocycles. The first-order chi connectivity index (χ1) is 15.4. The van der Waals surface area contributed by atoms with Crippen molar-refractivity contribution in [1.29, 1.82) is 0 Å². The van der Waals surface area contributed by atoms with Gasteiger partial charge in [-0.15, -0.1) is 13.2 Å². The molecule has 1 aromatic heterocycles. The molecule has 0 aliphatic rings. The lowest BCUT2D eigenvalue weighted by atomic mass is 10.1. The number of rotatable bonds is 7. The van der Waals surface area contributed by atoms with Crippen LogP contribution in [0.2, 0.25) is 0 Å². The number of halogens is 7. The van der Waals surface area contributed by atoms with E-state index in [1.54, 1.807) is 0 Å². The van der Waals surface area contributed by atoms with Gasteiger partial charge in [-0.2, -0.15) is 18.2 Å². The van der Waals surface area contributed by atoms with Crippen molar-refractivity contribution in [3.8, 4) is 17.0 Å². The van der Waals surface area contributed by atoms with Crippen molar-refractivity contribution in [3.05, 3.63) is 58.6 Å². The van der Waals surface area contributed by atoms with Crippen LogP contribution in [0.1, 0.15) is 5.56 Å². The normalized spacial score (nSPS) is 11.9. The second-order valence-corrected chi connectivity index (χ2v) is 7.36. The van der Waals surface area contributed by atoms with E-state index >= 15 is 0 Å². The van der Waals surface area contributed by atoms with E-state index in [1.165, 1.54) is 30.3 Å². The largest absolute Gasteiger partial charge is 0.573 e. The Kier molecular flexibility index (Phi) is 7.32. The molecule has 0 bridgehead atoms. The van der Waals surface area contributed by atoms with Crippen LogP contribution >= 0.6 is 15.9 Å². The van der Waals surface area contributed by atoms with Crippen molar-refractivity contribution in [2.75, 3.05) is 23.8 Å².